The van der Waals surface area contributed by atoms with Gasteiger partial charge in [-0.2, -0.15) is 5.10 Å². The molecule has 156 valence electrons. The predicted molar refractivity (Wildman–Crippen MR) is 115 cm³/mol. The second-order valence-electron chi connectivity index (χ2n) is 7.63. The Morgan fingerprint density at radius 3 is 2.37 bits per heavy atom. The van der Waals surface area contributed by atoms with Crippen LogP contribution >= 0.6 is 0 Å². The SMILES string of the molecule is O=C(c1ccccc1)c1cnn(-c2ccccc2)c1OCC(O)CN1CCCCC1. The highest BCUT2D eigenvalue weighted by molar-refractivity contribution is 6.10. The van der Waals surface area contributed by atoms with Gasteiger partial charge in [0.2, 0.25) is 5.88 Å². The largest absolute Gasteiger partial charge is 0.474 e. The second kappa shape index (κ2) is 9.69. The number of ether oxygens (including phenoxy) is 1. The van der Waals surface area contributed by atoms with Crippen molar-refractivity contribution in [3.8, 4) is 11.6 Å². The lowest BCUT2D eigenvalue weighted by atomic mass is 10.1. The first-order valence-electron chi connectivity index (χ1n) is 10.5. The Kier molecular flexibility index (Phi) is 6.57. The first-order valence-corrected chi connectivity index (χ1v) is 10.5. The fourth-order valence-electron chi connectivity index (χ4n) is 3.80. The molecule has 4 rings (SSSR count). The number of aromatic nitrogens is 2. The third kappa shape index (κ3) is 4.78. The summed E-state index contributed by atoms with van der Waals surface area (Å²) in [6.45, 7) is 2.69. The minimum absolute atomic E-state index is 0.101. The topological polar surface area (TPSA) is 67.6 Å². The van der Waals surface area contributed by atoms with Crippen LogP contribution in [-0.4, -0.2) is 57.9 Å². The minimum Gasteiger partial charge on any atom is -0.474 e. The van der Waals surface area contributed by atoms with Crippen molar-refractivity contribution in [1.29, 1.82) is 0 Å². The summed E-state index contributed by atoms with van der Waals surface area (Å²) >= 11 is 0. The summed E-state index contributed by atoms with van der Waals surface area (Å²) in [6.07, 6.45) is 4.49. The highest BCUT2D eigenvalue weighted by Crippen LogP contribution is 2.25. The molecule has 1 aliphatic heterocycles. The molecule has 0 bridgehead atoms. The van der Waals surface area contributed by atoms with Crippen molar-refractivity contribution in [2.75, 3.05) is 26.2 Å². The summed E-state index contributed by atoms with van der Waals surface area (Å²) in [5.41, 5.74) is 1.75. The summed E-state index contributed by atoms with van der Waals surface area (Å²) in [7, 11) is 0. The first kappa shape index (κ1) is 20.3. The van der Waals surface area contributed by atoms with Gasteiger partial charge in [-0.15, -0.1) is 0 Å². The number of β-amino-alcohol motifs (C(OH)–C–C–N with tert-alkyl or cyclic N) is 1. The second-order valence-corrected chi connectivity index (χ2v) is 7.63. The van der Waals surface area contributed by atoms with Crippen LogP contribution in [0.3, 0.4) is 0 Å². The van der Waals surface area contributed by atoms with Gasteiger partial charge in [0.15, 0.2) is 5.78 Å². The number of carbonyl (C=O) groups excluding carboxylic acids is 1. The molecular formula is C24H27N3O3. The van der Waals surface area contributed by atoms with E-state index in [2.05, 4.69) is 10.00 Å². The lowest BCUT2D eigenvalue weighted by Crippen LogP contribution is -2.38. The number of para-hydroxylation sites is 1. The lowest BCUT2D eigenvalue weighted by Gasteiger charge is -2.28. The smallest absolute Gasteiger partial charge is 0.228 e. The van der Waals surface area contributed by atoms with Crippen molar-refractivity contribution in [2.24, 2.45) is 0 Å². The lowest BCUT2D eigenvalue weighted by molar-refractivity contribution is 0.0588. The van der Waals surface area contributed by atoms with Crippen LogP contribution in [0.4, 0.5) is 0 Å². The van der Waals surface area contributed by atoms with Crippen molar-refractivity contribution in [3.05, 3.63) is 78.0 Å². The van der Waals surface area contributed by atoms with Gasteiger partial charge in [-0.3, -0.25) is 4.79 Å². The number of aliphatic hydroxyl groups is 1. The van der Waals surface area contributed by atoms with E-state index in [9.17, 15) is 9.90 Å². The molecule has 1 saturated heterocycles. The third-order valence-corrected chi connectivity index (χ3v) is 5.34. The maximum atomic E-state index is 13.1. The van der Waals surface area contributed by atoms with E-state index in [0.29, 0.717) is 23.6 Å². The minimum atomic E-state index is -0.637. The fraction of sp³-hybridized carbons (Fsp3) is 0.333. The number of piperidine rings is 1. The van der Waals surface area contributed by atoms with Gasteiger partial charge in [-0.05, 0) is 38.1 Å². The first-order chi connectivity index (χ1) is 14.7. The Morgan fingerprint density at radius 2 is 1.67 bits per heavy atom. The Bertz CT molecular complexity index is 950. The summed E-state index contributed by atoms with van der Waals surface area (Å²) < 4.78 is 7.63. The van der Waals surface area contributed by atoms with Crippen molar-refractivity contribution < 1.29 is 14.6 Å². The van der Waals surface area contributed by atoms with Gasteiger partial charge in [0.05, 0.1) is 11.9 Å². The van der Waals surface area contributed by atoms with E-state index in [1.165, 1.54) is 25.5 Å². The molecule has 1 aliphatic rings. The molecule has 3 aromatic rings. The summed E-state index contributed by atoms with van der Waals surface area (Å²) in [4.78, 5) is 15.3. The van der Waals surface area contributed by atoms with Crippen LogP contribution in [0, 0.1) is 0 Å². The van der Waals surface area contributed by atoms with E-state index >= 15 is 0 Å². The monoisotopic (exact) mass is 405 g/mol. The van der Waals surface area contributed by atoms with Crippen molar-refractivity contribution in [2.45, 2.75) is 25.4 Å². The number of nitrogens with zero attached hydrogens (tertiary/aromatic N) is 3. The van der Waals surface area contributed by atoms with Crippen molar-refractivity contribution in [3.63, 3.8) is 0 Å². The zero-order valence-corrected chi connectivity index (χ0v) is 17.0. The standard InChI is InChI=1S/C24H27N3O3/c28-21(17-26-14-8-3-9-15-26)18-30-24-22(23(29)19-10-4-1-5-11-19)16-25-27(24)20-12-6-2-7-13-20/h1-2,4-7,10-13,16,21,28H,3,8-9,14-15,17-18H2. The van der Waals surface area contributed by atoms with E-state index in [-0.39, 0.29) is 12.4 Å². The quantitative estimate of drug-likeness (QED) is 0.582. The van der Waals surface area contributed by atoms with Crippen LogP contribution in [0.15, 0.2) is 66.9 Å². The number of hydrogen-bond donors (Lipinski definition) is 1. The van der Waals surface area contributed by atoms with Gasteiger partial charge >= 0.3 is 0 Å². The van der Waals surface area contributed by atoms with Crippen LogP contribution in [0.2, 0.25) is 0 Å². The summed E-state index contributed by atoms with van der Waals surface area (Å²) in [5, 5.41) is 14.9. The average molecular weight is 405 g/mol. The van der Waals surface area contributed by atoms with Crippen LogP contribution in [0.25, 0.3) is 5.69 Å². The molecule has 0 aliphatic carbocycles. The molecule has 1 N–H and O–H groups in total. The number of aliphatic hydroxyl groups excluding tert-OH is 1. The fourth-order valence-corrected chi connectivity index (χ4v) is 3.80. The molecule has 0 saturated carbocycles. The third-order valence-electron chi connectivity index (χ3n) is 5.34. The van der Waals surface area contributed by atoms with Gasteiger partial charge in [0, 0.05) is 12.1 Å². The molecule has 2 aromatic carbocycles. The normalized spacial score (nSPS) is 15.6. The van der Waals surface area contributed by atoms with Crippen molar-refractivity contribution in [1.82, 2.24) is 14.7 Å². The molecule has 0 spiro atoms. The van der Waals surface area contributed by atoms with E-state index in [1.807, 2.05) is 48.5 Å². The summed E-state index contributed by atoms with van der Waals surface area (Å²) in [6, 6.07) is 18.6. The molecule has 1 aromatic heterocycles. The molecule has 1 fully saturated rings. The predicted octanol–water partition coefficient (Wildman–Crippen LogP) is 3.33. The highest BCUT2D eigenvalue weighted by Gasteiger charge is 2.23. The molecule has 1 unspecified atom stereocenters. The molecule has 1 atom stereocenters. The number of benzene rings is 2. The number of likely N-dealkylation sites (tertiary alicyclic amines) is 1. The maximum Gasteiger partial charge on any atom is 0.228 e. The van der Waals surface area contributed by atoms with Crippen LogP contribution in [0.1, 0.15) is 35.2 Å². The van der Waals surface area contributed by atoms with E-state index in [4.69, 9.17) is 4.74 Å². The van der Waals surface area contributed by atoms with Crippen LogP contribution < -0.4 is 4.74 Å². The van der Waals surface area contributed by atoms with Gasteiger partial charge < -0.3 is 14.7 Å². The van der Waals surface area contributed by atoms with Gasteiger partial charge in [0.1, 0.15) is 18.3 Å². The Balaban J connectivity index is 1.55. The van der Waals surface area contributed by atoms with Gasteiger partial charge in [-0.25, -0.2) is 4.68 Å². The van der Waals surface area contributed by atoms with Crippen LogP contribution in [0.5, 0.6) is 5.88 Å². The van der Waals surface area contributed by atoms with E-state index in [1.54, 1.807) is 16.8 Å². The van der Waals surface area contributed by atoms with E-state index in [0.717, 1.165) is 18.8 Å². The zero-order valence-electron chi connectivity index (χ0n) is 17.0. The number of rotatable bonds is 8. The van der Waals surface area contributed by atoms with Crippen LogP contribution in [-0.2, 0) is 0 Å². The molecule has 30 heavy (non-hydrogen) atoms. The van der Waals surface area contributed by atoms with E-state index < -0.39 is 6.10 Å². The molecule has 0 radical (unpaired) electrons. The van der Waals surface area contributed by atoms with Crippen molar-refractivity contribution >= 4 is 5.78 Å². The summed E-state index contributed by atoms with van der Waals surface area (Å²) in [5.74, 6) is 0.200. The Hall–Kier alpha value is -2.96. The number of carbonyl (C=O) groups is 1. The maximum absolute atomic E-state index is 13.1. The number of hydrogen-bond acceptors (Lipinski definition) is 5. The molecule has 2 heterocycles. The molecule has 6 heteroatoms. The van der Waals surface area contributed by atoms with Gasteiger partial charge in [0.25, 0.3) is 0 Å². The number of ketones is 1. The molecule has 6 nitrogen and oxygen atoms in total. The van der Waals surface area contributed by atoms with Gasteiger partial charge in [-0.1, -0.05) is 55.0 Å². The molecule has 0 amide bonds. The Morgan fingerprint density at radius 1 is 1.00 bits per heavy atom. The Labute approximate surface area is 176 Å². The highest BCUT2D eigenvalue weighted by atomic mass is 16.5. The average Bonchev–Trinajstić information content (AvgIpc) is 3.23. The zero-order chi connectivity index (χ0) is 20.8. The molecular weight excluding hydrogens is 378 g/mol.